The van der Waals surface area contributed by atoms with Gasteiger partial charge in [0.1, 0.15) is 5.78 Å². The number of hydrogen-bond acceptors (Lipinski definition) is 5. The minimum Gasteiger partial charge on any atom is -0.468 e. The molecule has 0 aromatic heterocycles. The minimum absolute atomic E-state index is 0.0910. The zero-order valence-electron chi connectivity index (χ0n) is 11.9. The van der Waals surface area contributed by atoms with Gasteiger partial charge in [-0.3, -0.25) is 14.4 Å². The van der Waals surface area contributed by atoms with Crippen LogP contribution in [0.2, 0.25) is 0 Å². The molecule has 1 aliphatic carbocycles. The third-order valence-electron chi connectivity index (χ3n) is 3.60. The monoisotopic (exact) mass is 280 g/mol. The number of carbonyl (C=O) groups excluding carboxylic acids is 3. The summed E-state index contributed by atoms with van der Waals surface area (Å²) in [7, 11) is 2.45. The molecule has 0 N–H and O–H groups in total. The topological polar surface area (TPSA) is 69.7 Å². The Morgan fingerprint density at radius 1 is 1.30 bits per heavy atom. The third-order valence-corrected chi connectivity index (χ3v) is 3.60. The van der Waals surface area contributed by atoms with Crippen molar-refractivity contribution in [3.05, 3.63) is 24.8 Å². The molecule has 0 amide bonds. The van der Waals surface area contributed by atoms with Crippen molar-refractivity contribution in [1.29, 1.82) is 0 Å². The Bertz CT molecular complexity index is 420. The highest BCUT2D eigenvalue weighted by Gasteiger charge is 2.46. The number of rotatable bonds is 7. The van der Waals surface area contributed by atoms with Gasteiger partial charge in [-0.2, -0.15) is 0 Å². The highest BCUT2D eigenvalue weighted by molar-refractivity contribution is 6.00. The van der Waals surface area contributed by atoms with E-state index in [1.54, 1.807) is 12.2 Å². The third kappa shape index (κ3) is 3.15. The molecule has 5 nitrogen and oxygen atoms in total. The van der Waals surface area contributed by atoms with Gasteiger partial charge >= 0.3 is 11.9 Å². The zero-order valence-corrected chi connectivity index (χ0v) is 11.9. The van der Waals surface area contributed by atoms with Gasteiger partial charge in [-0.15, -0.1) is 6.58 Å². The van der Waals surface area contributed by atoms with E-state index in [0.29, 0.717) is 6.42 Å². The first kappa shape index (κ1) is 16.1. The predicted octanol–water partition coefficient (Wildman–Crippen LogP) is 1.82. The quantitative estimate of drug-likeness (QED) is 0.404. The number of allylic oxidation sites excluding steroid dienone is 3. The SMILES string of the molecule is C=CCC(C/C=C/C1CCC1=O)(C(=O)OC)C(=O)OC. The van der Waals surface area contributed by atoms with Gasteiger partial charge in [-0.1, -0.05) is 18.2 Å². The standard InChI is InChI=1S/C15H20O5/c1-4-9-15(13(17)19-2,14(18)20-3)10-5-6-11-7-8-12(11)16/h4-6,11H,1,7-10H2,2-3H3/b6-5+. The van der Waals surface area contributed by atoms with Crippen molar-refractivity contribution in [2.75, 3.05) is 14.2 Å². The van der Waals surface area contributed by atoms with Crippen LogP contribution in [0.1, 0.15) is 25.7 Å². The van der Waals surface area contributed by atoms with Crippen LogP contribution in [0.25, 0.3) is 0 Å². The number of esters is 2. The molecule has 0 heterocycles. The number of Topliss-reactive ketones (excluding diaryl/α,β-unsaturated/α-hetero) is 1. The molecule has 20 heavy (non-hydrogen) atoms. The number of hydrogen-bond donors (Lipinski definition) is 0. The summed E-state index contributed by atoms with van der Waals surface area (Å²) >= 11 is 0. The molecule has 0 saturated heterocycles. The number of carbonyl (C=O) groups is 3. The normalized spacial score (nSPS) is 18.5. The van der Waals surface area contributed by atoms with Gasteiger partial charge in [0.25, 0.3) is 0 Å². The molecular weight excluding hydrogens is 260 g/mol. The zero-order chi connectivity index (χ0) is 15.2. The highest BCUT2D eigenvalue weighted by atomic mass is 16.5. The van der Waals surface area contributed by atoms with Crippen molar-refractivity contribution >= 4 is 17.7 Å². The van der Waals surface area contributed by atoms with Crippen LogP contribution in [0.3, 0.4) is 0 Å². The van der Waals surface area contributed by atoms with Crippen molar-refractivity contribution in [2.24, 2.45) is 11.3 Å². The molecule has 1 fully saturated rings. The Morgan fingerprint density at radius 3 is 2.25 bits per heavy atom. The molecule has 0 spiro atoms. The average molecular weight is 280 g/mol. The lowest BCUT2D eigenvalue weighted by atomic mass is 9.79. The molecule has 0 bridgehead atoms. The summed E-state index contributed by atoms with van der Waals surface area (Å²) in [6.45, 7) is 3.57. The fourth-order valence-corrected chi connectivity index (χ4v) is 2.20. The van der Waals surface area contributed by atoms with E-state index in [9.17, 15) is 14.4 Å². The van der Waals surface area contributed by atoms with Gasteiger partial charge in [-0.25, -0.2) is 0 Å². The molecule has 0 aliphatic heterocycles. The second-order valence-corrected chi connectivity index (χ2v) is 4.80. The van der Waals surface area contributed by atoms with Crippen molar-refractivity contribution in [1.82, 2.24) is 0 Å². The molecule has 1 unspecified atom stereocenters. The van der Waals surface area contributed by atoms with Crippen LogP contribution in [0.5, 0.6) is 0 Å². The Kier molecular flexibility index (Phi) is 5.67. The molecule has 1 saturated carbocycles. The van der Waals surface area contributed by atoms with Gasteiger partial charge in [0.2, 0.25) is 0 Å². The van der Waals surface area contributed by atoms with E-state index in [0.717, 1.165) is 6.42 Å². The molecule has 0 radical (unpaired) electrons. The maximum Gasteiger partial charge on any atom is 0.323 e. The average Bonchev–Trinajstić information content (AvgIpc) is 2.46. The van der Waals surface area contributed by atoms with Crippen molar-refractivity contribution in [2.45, 2.75) is 25.7 Å². The lowest BCUT2D eigenvalue weighted by Gasteiger charge is -2.26. The van der Waals surface area contributed by atoms with E-state index in [4.69, 9.17) is 9.47 Å². The lowest BCUT2D eigenvalue weighted by Crippen LogP contribution is -2.40. The predicted molar refractivity (Wildman–Crippen MR) is 72.8 cm³/mol. The van der Waals surface area contributed by atoms with Crippen LogP contribution in [0.15, 0.2) is 24.8 Å². The smallest absolute Gasteiger partial charge is 0.323 e. The van der Waals surface area contributed by atoms with Gasteiger partial charge in [-0.05, 0) is 19.3 Å². The van der Waals surface area contributed by atoms with E-state index in [2.05, 4.69) is 6.58 Å². The summed E-state index contributed by atoms with van der Waals surface area (Å²) in [5.74, 6) is -1.22. The summed E-state index contributed by atoms with van der Waals surface area (Å²) in [5, 5.41) is 0. The van der Waals surface area contributed by atoms with Crippen molar-refractivity contribution < 1.29 is 23.9 Å². The first-order chi connectivity index (χ1) is 9.51. The summed E-state index contributed by atoms with van der Waals surface area (Å²) in [6.07, 6.45) is 6.57. The van der Waals surface area contributed by atoms with E-state index in [1.165, 1.54) is 20.3 Å². The van der Waals surface area contributed by atoms with Crippen molar-refractivity contribution in [3.63, 3.8) is 0 Å². The summed E-state index contributed by atoms with van der Waals surface area (Å²) in [4.78, 5) is 35.2. The van der Waals surface area contributed by atoms with Crippen LogP contribution in [0, 0.1) is 11.3 Å². The van der Waals surface area contributed by atoms with Crippen LogP contribution in [-0.4, -0.2) is 31.9 Å². The Hall–Kier alpha value is -1.91. The van der Waals surface area contributed by atoms with Gasteiger partial charge in [0.05, 0.1) is 14.2 Å². The first-order valence-corrected chi connectivity index (χ1v) is 6.49. The van der Waals surface area contributed by atoms with E-state index < -0.39 is 17.4 Å². The van der Waals surface area contributed by atoms with Crippen LogP contribution in [0.4, 0.5) is 0 Å². The molecular formula is C15H20O5. The Morgan fingerprint density at radius 2 is 1.90 bits per heavy atom. The molecule has 1 aliphatic rings. The maximum atomic E-state index is 12.0. The van der Waals surface area contributed by atoms with Crippen LogP contribution < -0.4 is 0 Å². The summed E-state index contributed by atoms with van der Waals surface area (Å²) in [5.41, 5.74) is -1.42. The molecule has 1 atom stereocenters. The fraction of sp³-hybridized carbons (Fsp3) is 0.533. The van der Waals surface area contributed by atoms with Gasteiger partial charge in [0.15, 0.2) is 5.41 Å². The Labute approximate surface area is 118 Å². The molecule has 110 valence electrons. The van der Waals surface area contributed by atoms with Crippen LogP contribution >= 0.6 is 0 Å². The second kappa shape index (κ2) is 7.03. The van der Waals surface area contributed by atoms with E-state index in [-0.39, 0.29) is 24.5 Å². The Balaban J connectivity index is 2.89. The van der Waals surface area contributed by atoms with Gasteiger partial charge in [0, 0.05) is 12.3 Å². The fourth-order valence-electron chi connectivity index (χ4n) is 2.20. The number of ether oxygens (including phenoxy) is 2. The highest BCUT2D eigenvalue weighted by Crippen LogP contribution is 2.32. The largest absolute Gasteiger partial charge is 0.468 e. The first-order valence-electron chi connectivity index (χ1n) is 6.49. The molecule has 5 heteroatoms. The molecule has 1 rings (SSSR count). The molecule has 0 aromatic rings. The number of methoxy groups -OCH3 is 2. The second-order valence-electron chi connectivity index (χ2n) is 4.80. The summed E-state index contributed by atoms with van der Waals surface area (Å²) < 4.78 is 9.44. The maximum absolute atomic E-state index is 12.0. The van der Waals surface area contributed by atoms with Crippen molar-refractivity contribution in [3.8, 4) is 0 Å². The van der Waals surface area contributed by atoms with E-state index in [1.807, 2.05) is 0 Å². The van der Waals surface area contributed by atoms with Gasteiger partial charge < -0.3 is 9.47 Å². The lowest BCUT2D eigenvalue weighted by molar-refractivity contribution is -0.168. The van der Waals surface area contributed by atoms with Crippen LogP contribution in [-0.2, 0) is 23.9 Å². The summed E-state index contributed by atoms with van der Waals surface area (Å²) in [6, 6.07) is 0. The molecule has 0 aromatic carbocycles. The number of ketones is 1. The minimum atomic E-state index is -1.42. The van der Waals surface area contributed by atoms with E-state index >= 15 is 0 Å².